The van der Waals surface area contributed by atoms with Gasteiger partial charge in [-0.25, -0.2) is 9.37 Å². The summed E-state index contributed by atoms with van der Waals surface area (Å²) in [5.74, 6) is 0.187. The summed E-state index contributed by atoms with van der Waals surface area (Å²) < 4.78 is 18.6. The van der Waals surface area contributed by atoms with Crippen molar-refractivity contribution in [2.75, 3.05) is 11.9 Å². The van der Waals surface area contributed by atoms with Gasteiger partial charge in [-0.15, -0.1) is 11.3 Å². The average molecular weight is 407 g/mol. The third-order valence-electron chi connectivity index (χ3n) is 3.86. The monoisotopic (exact) mass is 407 g/mol. The maximum Gasteiger partial charge on any atom is 0.249 e. The van der Waals surface area contributed by atoms with E-state index in [1.54, 1.807) is 36.5 Å². The Balaban J connectivity index is 1.61. The van der Waals surface area contributed by atoms with Crippen LogP contribution in [0.15, 0.2) is 60.8 Å². The molecule has 5 nitrogen and oxygen atoms in total. The molecule has 2 heterocycles. The van der Waals surface area contributed by atoms with Crippen LogP contribution in [0.5, 0.6) is 5.75 Å². The number of unbranched alkanes of at least 4 members (excludes halogenated alkanes) is 1. The van der Waals surface area contributed by atoms with E-state index in [2.05, 4.69) is 16.4 Å². The highest BCUT2D eigenvalue weighted by Crippen LogP contribution is 2.29. The molecule has 0 saturated carbocycles. The fraction of sp³-hybridized carbons (Fsp3) is 0.136. The molecular formula is C22H18FN3O2S. The molecule has 0 aliphatic heterocycles. The number of ether oxygens (including phenoxy) is 1. The molecule has 0 fully saturated rings. The number of pyridine rings is 1. The van der Waals surface area contributed by atoms with E-state index >= 15 is 0 Å². The number of nitrogens with zero attached hydrogens (tertiary/aromatic N) is 2. The summed E-state index contributed by atoms with van der Waals surface area (Å²) in [6.45, 7) is 0.374. The molecule has 0 spiro atoms. The Morgan fingerprint density at radius 3 is 2.86 bits per heavy atom. The van der Waals surface area contributed by atoms with Gasteiger partial charge in [0.2, 0.25) is 5.91 Å². The van der Waals surface area contributed by atoms with Crippen LogP contribution < -0.4 is 10.1 Å². The van der Waals surface area contributed by atoms with E-state index in [0.717, 1.165) is 15.3 Å². The van der Waals surface area contributed by atoms with Gasteiger partial charge in [-0.1, -0.05) is 12.1 Å². The molecule has 3 rings (SSSR count). The summed E-state index contributed by atoms with van der Waals surface area (Å²) >= 11 is 1.50. The summed E-state index contributed by atoms with van der Waals surface area (Å²) in [4.78, 5) is 18.3. The van der Waals surface area contributed by atoms with Crippen molar-refractivity contribution in [3.05, 3.63) is 71.5 Å². The largest absolute Gasteiger partial charge is 0.490 e. The van der Waals surface area contributed by atoms with Crippen molar-refractivity contribution in [3.8, 4) is 22.3 Å². The minimum Gasteiger partial charge on any atom is -0.490 e. The van der Waals surface area contributed by atoms with E-state index in [1.807, 2.05) is 12.1 Å². The molecule has 3 aromatic rings. The average Bonchev–Trinajstić information content (AvgIpc) is 3.20. The van der Waals surface area contributed by atoms with Crippen molar-refractivity contribution in [1.82, 2.24) is 4.98 Å². The number of amides is 1. The molecule has 0 radical (unpaired) electrons. The molecule has 146 valence electrons. The van der Waals surface area contributed by atoms with Crippen molar-refractivity contribution in [1.29, 1.82) is 5.26 Å². The third-order valence-corrected chi connectivity index (χ3v) is 4.96. The topological polar surface area (TPSA) is 75.0 Å². The van der Waals surface area contributed by atoms with Crippen LogP contribution in [-0.4, -0.2) is 17.5 Å². The lowest BCUT2D eigenvalue weighted by molar-refractivity contribution is -0.111. The van der Waals surface area contributed by atoms with Gasteiger partial charge in [0.1, 0.15) is 5.82 Å². The maximum absolute atomic E-state index is 13.0. The van der Waals surface area contributed by atoms with Crippen LogP contribution >= 0.6 is 11.3 Å². The SMILES string of the molecule is N#CCCCOc1cccnc1NC(=O)/C=C/c1ccc(-c2ccc(F)cc2)s1. The molecular weight excluding hydrogens is 389 g/mol. The molecule has 0 aliphatic rings. The zero-order valence-electron chi connectivity index (χ0n) is 15.5. The van der Waals surface area contributed by atoms with E-state index in [-0.39, 0.29) is 11.7 Å². The minimum absolute atomic E-state index is 0.273. The van der Waals surface area contributed by atoms with E-state index < -0.39 is 0 Å². The maximum atomic E-state index is 13.0. The van der Waals surface area contributed by atoms with Crippen molar-refractivity contribution in [2.24, 2.45) is 0 Å². The summed E-state index contributed by atoms with van der Waals surface area (Å²) in [5, 5.41) is 11.3. The normalized spacial score (nSPS) is 10.6. The van der Waals surface area contributed by atoms with Crippen molar-refractivity contribution in [2.45, 2.75) is 12.8 Å². The lowest BCUT2D eigenvalue weighted by atomic mass is 10.2. The second-order valence-corrected chi connectivity index (χ2v) is 7.11. The fourth-order valence-electron chi connectivity index (χ4n) is 2.46. The zero-order valence-corrected chi connectivity index (χ0v) is 16.3. The van der Waals surface area contributed by atoms with Crippen LogP contribution in [0.1, 0.15) is 17.7 Å². The van der Waals surface area contributed by atoms with Gasteiger partial charge in [0.05, 0.1) is 12.7 Å². The molecule has 0 atom stereocenters. The summed E-state index contributed by atoms with van der Waals surface area (Å²) in [6.07, 6.45) is 5.71. The van der Waals surface area contributed by atoms with E-state index in [1.165, 1.54) is 29.5 Å². The van der Waals surface area contributed by atoms with Gasteiger partial charge < -0.3 is 10.1 Å². The Bertz CT molecular complexity index is 1040. The van der Waals surface area contributed by atoms with Gasteiger partial charge in [-0.3, -0.25) is 4.79 Å². The van der Waals surface area contributed by atoms with Crippen LogP contribution in [0.3, 0.4) is 0 Å². The standard InChI is InChI=1S/C22H18FN3O2S/c23-17-7-5-16(6-8-17)20-11-9-18(29-20)10-12-21(27)26-22-19(4-3-14-25-22)28-15-2-1-13-24/h3-12,14H,1-2,15H2,(H,25,26,27)/b12-10+. The Morgan fingerprint density at radius 2 is 2.07 bits per heavy atom. The van der Waals surface area contributed by atoms with Crippen LogP contribution in [0.2, 0.25) is 0 Å². The predicted octanol–water partition coefficient (Wildman–Crippen LogP) is 5.28. The lowest BCUT2D eigenvalue weighted by Gasteiger charge is -2.09. The number of anilines is 1. The highest BCUT2D eigenvalue weighted by atomic mass is 32.1. The molecule has 7 heteroatoms. The summed E-state index contributed by atoms with van der Waals surface area (Å²) in [6, 6.07) is 15.6. The zero-order chi connectivity index (χ0) is 20.5. The van der Waals surface area contributed by atoms with Gasteiger partial charge in [0.25, 0.3) is 0 Å². The lowest BCUT2D eigenvalue weighted by Crippen LogP contribution is -2.11. The van der Waals surface area contributed by atoms with Crippen LogP contribution in [-0.2, 0) is 4.79 Å². The third kappa shape index (κ3) is 5.99. The van der Waals surface area contributed by atoms with Crippen LogP contribution in [0.4, 0.5) is 10.2 Å². The Kier molecular flexibility index (Phi) is 7.09. The number of benzene rings is 1. The van der Waals surface area contributed by atoms with Crippen molar-refractivity contribution >= 4 is 29.1 Å². The van der Waals surface area contributed by atoms with Gasteiger partial charge in [0, 0.05) is 28.4 Å². The highest BCUT2D eigenvalue weighted by Gasteiger charge is 2.07. The molecule has 1 N–H and O–H groups in total. The number of thiophene rings is 1. The summed E-state index contributed by atoms with van der Waals surface area (Å²) in [5.41, 5.74) is 0.923. The molecule has 1 amide bonds. The molecule has 0 aliphatic carbocycles. The van der Waals surface area contributed by atoms with E-state index in [9.17, 15) is 9.18 Å². The van der Waals surface area contributed by atoms with E-state index in [4.69, 9.17) is 10.00 Å². The predicted molar refractivity (Wildman–Crippen MR) is 112 cm³/mol. The Labute approximate surface area is 172 Å². The second kappa shape index (κ2) is 10.2. The molecule has 1 aromatic carbocycles. The van der Waals surface area contributed by atoms with Gasteiger partial charge in [0.15, 0.2) is 11.6 Å². The minimum atomic E-state index is -0.331. The van der Waals surface area contributed by atoms with Crippen molar-refractivity contribution < 1.29 is 13.9 Å². The van der Waals surface area contributed by atoms with Crippen LogP contribution in [0.25, 0.3) is 16.5 Å². The molecule has 2 aromatic heterocycles. The number of carbonyl (C=O) groups is 1. The first kappa shape index (κ1) is 20.2. The second-order valence-electron chi connectivity index (χ2n) is 5.99. The fourth-order valence-corrected chi connectivity index (χ4v) is 3.38. The number of hydrogen-bond acceptors (Lipinski definition) is 5. The van der Waals surface area contributed by atoms with Gasteiger partial charge >= 0.3 is 0 Å². The first-order valence-corrected chi connectivity index (χ1v) is 9.77. The Morgan fingerprint density at radius 1 is 1.24 bits per heavy atom. The molecule has 0 bridgehead atoms. The quantitative estimate of drug-likeness (QED) is 0.407. The first-order valence-electron chi connectivity index (χ1n) is 8.95. The van der Waals surface area contributed by atoms with Crippen LogP contribution in [0, 0.1) is 17.1 Å². The number of aromatic nitrogens is 1. The number of nitrogens with one attached hydrogen (secondary N) is 1. The first-order chi connectivity index (χ1) is 14.2. The number of halogens is 1. The number of hydrogen-bond donors (Lipinski definition) is 1. The van der Waals surface area contributed by atoms with Crippen molar-refractivity contribution in [3.63, 3.8) is 0 Å². The number of nitriles is 1. The molecule has 0 saturated heterocycles. The van der Waals surface area contributed by atoms with Gasteiger partial charge in [-0.05, 0) is 54.5 Å². The number of rotatable bonds is 8. The van der Waals surface area contributed by atoms with Gasteiger partial charge in [-0.2, -0.15) is 5.26 Å². The molecule has 0 unspecified atom stereocenters. The smallest absolute Gasteiger partial charge is 0.249 e. The Hall–Kier alpha value is -3.50. The van der Waals surface area contributed by atoms with E-state index in [0.29, 0.717) is 31.0 Å². The summed E-state index contributed by atoms with van der Waals surface area (Å²) in [7, 11) is 0. The number of carbonyl (C=O) groups excluding carboxylic acids is 1. The highest BCUT2D eigenvalue weighted by molar-refractivity contribution is 7.16. The molecule has 29 heavy (non-hydrogen) atoms.